The molecule has 0 aromatic rings. The first-order valence-corrected chi connectivity index (χ1v) is 13.5. The SMILES string of the molecule is CCNC(=O)CNC(=O)C(CCCCNC(=O)CC(P(=O)(O)O)P(=O)(O)O)NC(=O)CS. The van der Waals surface area contributed by atoms with Crippen molar-refractivity contribution in [1.82, 2.24) is 21.3 Å². The standard InChI is InChI=1S/C15H30N4O10P2S/c1-2-16-12(21)8-18-15(23)10(19-13(22)9-32)5-3-4-6-17-11(20)7-14(30(24,25)26)31(27,28)29/h10,14,32H,2-9H2,1H3,(H,16,21)(H,17,20)(H,18,23)(H,19,22)(H2,24,25,26)(H2,27,28,29). The molecule has 0 heterocycles. The van der Waals surface area contributed by atoms with E-state index in [1.807, 2.05) is 0 Å². The summed E-state index contributed by atoms with van der Waals surface area (Å²) in [5.41, 5.74) is 0. The molecule has 14 nitrogen and oxygen atoms in total. The molecule has 0 aliphatic rings. The van der Waals surface area contributed by atoms with E-state index in [2.05, 4.69) is 33.9 Å². The van der Waals surface area contributed by atoms with Crippen molar-refractivity contribution in [2.24, 2.45) is 0 Å². The lowest BCUT2D eigenvalue weighted by atomic mass is 10.1. The third-order valence-electron chi connectivity index (χ3n) is 3.98. The summed E-state index contributed by atoms with van der Waals surface area (Å²) in [7, 11) is -10.4. The van der Waals surface area contributed by atoms with Crippen LogP contribution in [0.15, 0.2) is 0 Å². The van der Waals surface area contributed by atoms with Crippen molar-refractivity contribution in [1.29, 1.82) is 0 Å². The highest BCUT2D eigenvalue weighted by molar-refractivity contribution is 7.81. The fourth-order valence-electron chi connectivity index (χ4n) is 2.43. The first-order valence-electron chi connectivity index (χ1n) is 9.54. The van der Waals surface area contributed by atoms with Crippen molar-refractivity contribution in [3.63, 3.8) is 0 Å². The molecule has 32 heavy (non-hydrogen) atoms. The number of likely N-dealkylation sites (N-methyl/N-ethyl adjacent to an activating group) is 1. The Balaban J connectivity index is 4.60. The van der Waals surface area contributed by atoms with Gasteiger partial charge in [-0.05, 0) is 26.2 Å². The molecule has 0 saturated carbocycles. The highest BCUT2D eigenvalue weighted by Gasteiger charge is 2.44. The Morgan fingerprint density at radius 1 is 0.875 bits per heavy atom. The lowest BCUT2D eigenvalue weighted by molar-refractivity contribution is -0.129. The van der Waals surface area contributed by atoms with Crippen LogP contribution >= 0.6 is 27.8 Å². The summed E-state index contributed by atoms with van der Waals surface area (Å²) < 4.78 is 22.4. The lowest BCUT2D eigenvalue weighted by Gasteiger charge is -2.19. The average molecular weight is 520 g/mol. The van der Waals surface area contributed by atoms with E-state index in [0.717, 1.165) is 0 Å². The minimum absolute atomic E-state index is 0.00162. The van der Waals surface area contributed by atoms with Crippen LogP contribution in [0.1, 0.15) is 32.6 Å². The van der Waals surface area contributed by atoms with Gasteiger partial charge in [0.25, 0.3) is 0 Å². The van der Waals surface area contributed by atoms with Crippen molar-refractivity contribution in [3.8, 4) is 0 Å². The largest absolute Gasteiger partial charge is 0.356 e. The van der Waals surface area contributed by atoms with Gasteiger partial charge in [-0.25, -0.2) is 0 Å². The topological polar surface area (TPSA) is 231 Å². The Labute approximate surface area is 190 Å². The molecule has 0 aliphatic heterocycles. The van der Waals surface area contributed by atoms with Crippen LogP contribution in [-0.2, 0) is 28.3 Å². The molecule has 0 radical (unpaired) electrons. The van der Waals surface area contributed by atoms with Crippen LogP contribution in [-0.4, -0.2) is 80.0 Å². The second-order valence-electron chi connectivity index (χ2n) is 6.66. The maximum atomic E-state index is 12.2. The number of carbonyl (C=O) groups excluding carboxylic acids is 4. The lowest BCUT2D eigenvalue weighted by Crippen LogP contribution is -2.49. The Hall–Kier alpha value is -1.47. The van der Waals surface area contributed by atoms with Gasteiger partial charge in [0.05, 0.1) is 18.7 Å². The van der Waals surface area contributed by atoms with Crippen LogP contribution in [0.25, 0.3) is 0 Å². The molecule has 4 amide bonds. The van der Waals surface area contributed by atoms with Gasteiger partial charge < -0.3 is 40.8 Å². The summed E-state index contributed by atoms with van der Waals surface area (Å²) in [4.78, 5) is 83.1. The minimum atomic E-state index is -5.20. The number of carbonyl (C=O) groups is 4. The Morgan fingerprint density at radius 3 is 1.97 bits per heavy atom. The fourth-order valence-corrected chi connectivity index (χ4v) is 4.90. The van der Waals surface area contributed by atoms with Gasteiger partial charge in [-0.15, -0.1) is 0 Å². The second kappa shape index (κ2) is 14.6. The molecule has 8 N–H and O–H groups in total. The van der Waals surface area contributed by atoms with Crippen LogP contribution in [0, 0.1) is 0 Å². The molecule has 1 atom stereocenters. The zero-order valence-corrected chi connectivity index (χ0v) is 20.1. The van der Waals surface area contributed by atoms with Crippen LogP contribution in [0.2, 0.25) is 0 Å². The molecule has 0 fully saturated rings. The summed E-state index contributed by atoms with van der Waals surface area (Å²) >= 11 is 3.82. The highest BCUT2D eigenvalue weighted by Crippen LogP contribution is 2.61. The molecule has 0 aliphatic carbocycles. The fraction of sp³-hybridized carbons (Fsp3) is 0.733. The van der Waals surface area contributed by atoms with Crippen molar-refractivity contribution in [3.05, 3.63) is 0 Å². The van der Waals surface area contributed by atoms with Crippen molar-refractivity contribution in [2.75, 3.05) is 25.4 Å². The van der Waals surface area contributed by atoms with Gasteiger partial charge in [0.15, 0.2) is 5.40 Å². The number of hydrogen-bond donors (Lipinski definition) is 9. The summed E-state index contributed by atoms with van der Waals surface area (Å²) in [5, 5.41) is 7.22. The number of rotatable bonds is 15. The van der Waals surface area contributed by atoms with E-state index in [1.165, 1.54) is 0 Å². The van der Waals surface area contributed by atoms with Crippen LogP contribution < -0.4 is 21.3 Å². The second-order valence-corrected chi connectivity index (χ2v) is 11.0. The number of thiol groups is 1. The molecule has 0 spiro atoms. The van der Waals surface area contributed by atoms with E-state index in [0.29, 0.717) is 19.4 Å². The highest BCUT2D eigenvalue weighted by atomic mass is 32.1. The van der Waals surface area contributed by atoms with Crippen LogP contribution in [0.5, 0.6) is 0 Å². The molecule has 17 heteroatoms. The van der Waals surface area contributed by atoms with Gasteiger partial charge in [-0.3, -0.25) is 28.3 Å². The van der Waals surface area contributed by atoms with E-state index in [9.17, 15) is 28.3 Å². The van der Waals surface area contributed by atoms with Gasteiger partial charge in [0.1, 0.15) is 6.04 Å². The molecule has 0 aromatic carbocycles. The maximum Gasteiger partial charge on any atom is 0.341 e. The number of amides is 4. The molecule has 186 valence electrons. The normalized spacial score (nSPS) is 12.7. The molecule has 0 saturated heterocycles. The van der Waals surface area contributed by atoms with Gasteiger partial charge in [0.2, 0.25) is 23.6 Å². The number of nitrogens with one attached hydrogen (secondary N) is 4. The Kier molecular flexibility index (Phi) is 14.0. The zero-order chi connectivity index (χ0) is 24.9. The van der Waals surface area contributed by atoms with Crippen molar-refractivity contribution >= 4 is 51.4 Å². The first-order chi connectivity index (χ1) is 14.7. The minimum Gasteiger partial charge on any atom is -0.356 e. The summed E-state index contributed by atoms with van der Waals surface area (Å²) in [5.74, 6) is -2.59. The van der Waals surface area contributed by atoms with Gasteiger partial charge in [-0.1, -0.05) is 0 Å². The molecule has 0 bridgehead atoms. The molecule has 1 unspecified atom stereocenters. The van der Waals surface area contributed by atoms with Gasteiger partial charge >= 0.3 is 15.2 Å². The summed E-state index contributed by atoms with van der Waals surface area (Å²) in [6.45, 7) is 1.84. The molecular formula is C15H30N4O10P2S. The van der Waals surface area contributed by atoms with Gasteiger partial charge in [-0.2, -0.15) is 12.6 Å². The smallest absolute Gasteiger partial charge is 0.341 e. The molecular weight excluding hydrogens is 490 g/mol. The summed E-state index contributed by atoms with van der Waals surface area (Å²) in [6, 6.07) is -0.950. The zero-order valence-electron chi connectivity index (χ0n) is 17.4. The number of unbranched alkanes of at least 4 members (excludes halogenated alkanes) is 1. The maximum absolute atomic E-state index is 12.2. The van der Waals surface area contributed by atoms with E-state index in [-0.39, 0.29) is 25.3 Å². The molecule has 0 rings (SSSR count). The average Bonchev–Trinajstić information content (AvgIpc) is 2.67. The first kappa shape index (κ1) is 30.5. The van der Waals surface area contributed by atoms with E-state index >= 15 is 0 Å². The third kappa shape index (κ3) is 13.2. The van der Waals surface area contributed by atoms with E-state index in [1.54, 1.807) is 6.92 Å². The van der Waals surface area contributed by atoms with Gasteiger partial charge in [0, 0.05) is 13.1 Å². The Morgan fingerprint density at radius 2 is 1.47 bits per heavy atom. The molecule has 0 aromatic heterocycles. The van der Waals surface area contributed by atoms with E-state index < -0.39 is 56.7 Å². The predicted octanol–water partition coefficient (Wildman–Crippen LogP) is -1.99. The van der Waals surface area contributed by atoms with Crippen molar-refractivity contribution < 1.29 is 47.9 Å². The third-order valence-corrected chi connectivity index (χ3v) is 7.99. The van der Waals surface area contributed by atoms with E-state index in [4.69, 9.17) is 19.6 Å². The summed E-state index contributed by atoms with van der Waals surface area (Å²) in [6.07, 6.45) is -0.284. The van der Waals surface area contributed by atoms with Crippen molar-refractivity contribution in [2.45, 2.75) is 44.0 Å². The number of hydrogen-bond acceptors (Lipinski definition) is 7. The Bertz CT molecular complexity index is 734. The predicted molar refractivity (Wildman–Crippen MR) is 117 cm³/mol. The van der Waals surface area contributed by atoms with Crippen LogP contribution in [0.3, 0.4) is 0 Å². The van der Waals surface area contributed by atoms with Crippen LogP contribution in [0.4, 0.5) is 0 Å². The quantitative estimate of drug-likeness (QED) is 0.0655. The monoisotopic (exact) mass is 520 g/mol.